The van der Waals surface area contributed by atoms with Crippen LogP contribution in [0.5, 0.6) is 0 Å². The summed E-state index contributed by atoms with van der Waals surface area (Å²) in [5, 5.41) is 0. The van der Waals surface area contributed by atoms with E-state index >= 15 is 0 Å². The summed E-state index contributed by atoms with van der Waals surface area (Å²) in [6, 6.07) is 6.36. The van der Waals surface area contributed by atoms with Crippen molar-refractivity contribution in [2.45, 2.75) is 56.3 Å². The maximum atomic E-state index is 3.80. The normalized spacial score (nSPS) is 18.6. The van der Waals surface area contributed by atoms with Gasteiger partial charge in [-0.25, -0.2) is 0 Å². The largest absolute Gasteiger partial charge is 0.103 e. The third-order valence-corrected chi connectivity index (χ3v) is 9.30. The molecule has 0 amide bonds. The smallest absolute Gasteiger partial charge is 0.0535 e. The molecular weight excluding hydrogens is 184 g/mol. The Labute approximate surface area is 90.1 Å². The molecule has 80 valence electrons. The van der Waals surface area contributed by atoms with E-state index in [4.69, 9.17) is 0 Å². The van der Waals surface area contributed by atoms with Crippen molar-refractivity contribution in [3.05, 3.63) is 25.3 Å². The second-order valence-corrected chi connectivity index (χ2v) is 9.72. The Kier molecular flexibility index (Phi) is 5.24. The van der Waals surface area contributed by atoms with E-state index < -0.39 is 8.07 Å². The van der Waals surface area contributed by atoms with Gasteiger partial charge in [0.25, 0.3) is 0 Å². The Morgan fingerprint density at radius 1 is 0.929 bits per heavy atom. The summed E-state index contributed by atoms with van der Waals surface area (Å²) < 4.78 is 0. The molecule has 0 unspecified atom stereocenters. The van der Waals surface area contributed by atoms with Crippen molar-refractivity contribution in [2.24, 2.45) is 0 Å². The molecule has 1 heteroatoms. The van der Waals surface area contributed by atoms with Crippen LogP contribution in [0, 0.1) is 0 Å². The first-order valence-corrected chi connectivity index (χ1v) is 8.88. The second-order valence-electron chi connectivity index (χ2n) is 4.72. The molecule has 0 aromatic carbocycles. The van der Waals surface area contributed by atoms with E-state index in [0.717, 1.165) is 0 Å². The van der Waals surface area contributed by atoms with Gasteiger partial charge in [-0.2, -0.15) is 0 Å². The van der Waals surface area contributed by atoms with Crippen molar-refractivity contribution in [3.8, 4) is 0 Å². The monoisotopic (exact) mass is 208 g/mol. The Morgan fingerprint density at radius 3 is 1.71 bits per heavy atom. The highest BCUT2D eigenvalue weighted by Gasteiger charge is 2.37. The summed E-state index contributed by atoms with van der Waals surface area (Å²) in [5.41, 5.74) is 0. The lowest BCUT2D eigenvalue weighted by Crippen LogP contribution is -2.40. The Bertz CT molecular complexity index is 164. The van der Waals surface area contributed by atoms with Crippen LogP contribution in [0.4, 0.5) is 0 Å². The third-order valence-electron chi connectivity index (χ3n) is 3.64. The van der Waals surface area contributed by atoms with Crippen molar-refractivity contribution in [2.75, 3.05) is 0 Å². The number of hydrogen-bond acceptors (Lipinski definition) is 0. The quantitative estimate of drug-likeness (QED) is 0.306. The molecule has 0 N–H and O–H groups in total. The average Bonchev–Trinajstić information content (AvgIpc) is 2.13. The standard InChI is InChI=1S/C13H24Si/c1-3-5-7-10-14(12-9-13-14)11-8-6-4-2/h3-4H,1-2,5-13H2. The highest BCUT2D eigenvalue weighted by molar-refractivity contribution is 6.82. The van der Waals surface area contributed by atoms with Crippen LogP contribution in [0.1, 0.15) is 32.1 Å². The first-order valence-electron chi connectivity index (χ1n) is 6.05. The van der Waals surface area contributed by atoms with Crippen LogP contribution in [0.3, 0.4) is 0 Å². The summed E-state index contributed by atoms with van der Waals surface area (Å²) in [5.74, 6) is 0. The van der Waals surface area contributed by atoms with Crippen molar-refractivity contribution >= 4 is 8.07 Å². The molecular formula is C13H24Si. The second kappa shape index (κ2) is 6.23. The fraction of sp³-hybridized carbons (Fsp3) is 0.692. The summed E-state index contributed by atoms with van der Waals surface area (Å²) in [6.45, 7) is 7.60. The average molecular weight is 208 g/mol. The molecule has 1 aliphatic heterocycles. The fourth-order valence-electron chi connectivity index (χ4n) is 2.54. The molecule has 14 heavy (non-hydrogen) atoms. The zero-order valence-corrected chi connectivity index (χ0v) is 10.4. The predicted octanol–water partition coefficient (Wildman–Crippen LogP) is 4.77. The van der Waals surface area contributed by atoms with Gasteiger partial charge >= 0.3 is 0 Å². The molecule has 0 aromatic rings. The van der Waals surface area contributed by atoms with E-state index in [2.05, 4.69) is 25.3 Å². The molecule has 1 fully saturated rings. The maximum absolute atomic E-state index is 3.80. The Morgan fingerprint density at radius 2 is 1.43 bits per heavy atom. The van der Waals surface area contributed by atoms with Crippen LogP contribution >= 0.6 is 0 Å². The van der Waals surface area contributed by atoms with E-state index in [1.807, 2.05) is 0 Å². The molecule has 0 aliphatic carbocycles. The van der Waals surface area contributed by atoms with Gasteiger partial charge in [-0.05, 0) is 12.8 Å². The Balaban J connectivity index is 2.19. The summed E-state index contributed by atoms with van der Waals surface area (Å²) in [4.78, 5) is 0. The summed E-state index contributed by atoms with van der Waals surface area (Å²) in [7, 11) is -0.713. The van der Waals surface area contributed by atoms with Gasteiger partial charge in [-0.1, -0.05) is 55.6 Å². The van der Waals surface area contributed by atoms with Crippen LogP contribution in [-0.4, -0.2) is 8.07 Å². The molecule has 0 spiro atoms. The van der Waals surface area contributed by atoms with Gasteiger partial charge in [-0.3, -0.25) is 0 Å². The van der Waals surface area contributed by atoms with Crippen LogP contribution in [0.2, 0.25) is 24.2 Å². The van der Waals surface area contributed by atoms with Gasteiger partial charge in [0, 0.05) is 0 Å². The van der Waals surface area contributed by atoms with Gasteiger partial charge in [0.15, 0.2) is 0 Å². The van der Waals surface area contributed by atoms with Gasteiger partial charge < -0.3 is 0 Å². The zero-order chi connectivity index (χ0) is 10.3. The minimum atomic E-state index is -0.713. The molecule has 0 aromatic heterocycles. The van der Waals surface area contributed by atoms with Crippen molar-refractivity contribution in [1.82, 2.24) is 0 Å². The van der Waals surface area contributed by atoms with Crippen molar-refractivity contribution in [3.63, 3.8) is 0 Å². The van der Waals surface area contributed by atoms with Crippen molar-refractivity contribution < 1.29 is 0 Å². The number of unbranched alkanes of at least 4 members (excludes halogenated alkanes) is 2. The minimum absolute atomic E-state index is 0.713. The van der Waals surface area contributed by atoms with Gasteiger partial charge in [0.05, 0.1) is 8.07 Å². The molecule has 0 bridgehead atoms. The fourth-order valence-corrected chi connectivity index (χ4v) is 7.06. The molecule has 0 nitrogen and oxygen atoms in total. The maximum Gasteiger partial charge on any atom is 0.0535 e. The first kappa shape index (κ1) is 11.8. The molecule has 0 radical (unpaired) electrons. The van der Waals surface area contributed by atoms with E-state index in [9.17, 15) is 0 Å². The van der Waals surface area contributed by atoms with Crippen LogP contribution in [0.25, 0.3) is 0 Å². The van der Waals surface area contributed by atoms with E-state index in [-0.39, 0.29) is 0 Å². The van der Waals surface area contributed by atoms with E-state index in [0.29, 0.717) is 0 Å². The van der Waals surface area contributed by atoms with Crippen molar-refractivity contribution in [1.29, 1.82) is 0 Å². The summed E-state index contributed by atoms with van der Waals surface area (Å²) >= 11 is 0. The van der Waals surface area contributed by atoms with E-state index in [1.165, 1.54) is 32.1 Å². The minimum Gasteiger partial charge on any atom is -0.103 e. The lowest BCUT2D eigenvalue weighted by Gasteiger charge is -2.40. The number of allylic oxidation sites excluding steroid dienone is 2. The van der Waals surface area contributed by atoms with Gasteiger partial charge in [-0.15, -0.1) is 13.2 Å². The molecule has 1 heterocycles. The first-order chi connectivity index (χ1) is 6.83. The highest BCUT2D eigenvalue weighted by atomic mass is 28.3. The Hall–Kier alpha value is -0.303. The molecule has 1 aliphatic rings. The lowest BCUT2D eigenvalue weighted by molar-refractivity contribution is 0.785. The molecule has 0 saturated carbocycles. The summed E-state index contributed by atoms with van der Waals surface area (Å²) in [6.07, 6.45) is 10.9. The van der Waals surface area contributed by atoms with Crippen LogP contribution in [-0.2, 0) is 0 Å². The zero-order valence-electron chi connectivity index (χ0n) is 9.43. The third kappa shape index (κ3) is 3.45. The number of rotatable bonds is 8. The lowest BCUT2D eigenvalue weighted by atomic mass is 10.3. The van der Waals surface area contributed by atoms with Gasteiger partial charge in [0.2, 0.25) is 0 Å². The van der Waals surface area contributed by atoms with Crippen LogP contribution in [0.15, 0.2) is 25.3 Å². The molecule has 1 rings (SSSR count). The number of hydrogen-bond donors (Lipinski definition) is 0. The molecule has 0 atom stereocenters. The highest BCUT2D eigenvalue weighted by Crippen LogP contribution is 2.41. The predicted molar refractivity (Wildman–Crippen MR) is 68.5 cm³/mol. The van der Waals surface area contributed by atoms with Crippen LogP contribution < -0.4 is 0 Å². The topological polar surface area (TPSA) is 0 Å². The molecule has 1 saturated heterocycles. The SMILES string of the molecule is C=CCCC[Si]1(CCCC=C)CCC1. The van der Waals surface area contributed by atoms with E-state index in [1.54, 1.807) is 24.2 Å². The van der Waals surface area contributed by atoms with Gasteiger partial charge in [0.1, 0.15) is 0 Å².